The average molecular weight is 659 g/mol. The van der Waals surface area contributed by atoms with E-state index >= 15 is 0 Å². The zero-order chi connectivity index (χ0) is 29.1. The molecule has 40 heavy (non-hydrogen) atoms. The van der Waals surface area contributed by atoms with Crippen molar-refractivity contribution >= 4 is 69.2 Å². The van der Waals surface area contributed by atoms with E-state index in [1.54, 1.807) is 0 Å². The summed E-state index contributed by atoms with van der Waals surface area (Å²) in [4.78, 5) is 9.14. The number of hydrogen-bond acceptors (Lipinski definition) is 14. The van der Waals surface area contributed by atoms with Crippen molar-refractivity contribution in [1.29, 1.82) is 10.5 Å². The maximum absolute atomic E-state index is 11.1. The fourth-order valence-electron chi connectivity index (χ4n) is 3.14. The molecule has 0 unspecified atom stereocenters. The highest BCUT2D eigenvalue weighted by Gasteiger charge is 2.39. The zero-order valence-corrected chi connectivity index (χ0v) is 25.1. The molecule has 3 rings (SSSR count). The third-order valence-corrected chi connectivity index (χ3v) is 11.4. The van der Waals surface area contributed by atoms with Crippen molar-refractivity contribution in [2.75, 3.05) is 24.7 Å². The van der Waals surface area contributed by atoms with E-state index in [0.29, 0.717) is 71.2 Å². The van der Waals surface area contributed by atoms with Crippen molar-refractivity contribution < 1.29 is 37.1 Å². The van der Waals surface area contributed by atoms with E-state index < -0.39 is 15.9 Å². The molecule has 2 aliphatic rings. The summed E-state index contributed by atoms with van der Waals surface area (Å²) in [5.41, 5.74) is -0.0660. The second kappa shape index (κ2) is 15.7. The van der Waals surface area contributed by atoms with Gasteiger partial charge in [0.05, 0.1) is 42.8 Å². The molecule has 210 valence electrons. The first kappa shape index (κ1) is 32.3. The first-order chi connectivity index (χ1) is 19.3. The number of hydrogen-bond donors (Lipinski definition) is 2. The fraction of sp³-hybridized carbons (Fsp3) is 0.364. The lowest BCUT2D eigenvalue weighted by Gasteiger charge is -2.18. The molecule has 0 bridgehead atoms. The highest BCUT2D eigenvalue weighted by Crippen LogP contribution is 2.68. The van der Waals surface area contributed by atoms with Gasteiger partial charge in [-0.05, 0) is 25.7 Å². The van der Waals surface area contributed by atoms with Gasteiger partial charge in [-0.3, -0.25) is 4.55 Å². The quantitative estimate of drug-likeness (QED) is 0.0418. The van der Waals surface area contributed by atoms with Crippen LogP contribution in [0, 0.1) is 35.8 Å². The van der Waals surface area contributed by atoms with Gasteiger partial charge >= 0.3 is 5.82 Å². The van der Waals surface area contributed by atoms with Crippen LogP contribution in [-0.2, 0) is 19.5 Å². The lowest BCUT2D eigenvalue weighted by molar-refractivity contribution is -0.432. The minimum atomic E-state index is -4.10. The van der Waals surface area contributed by atoms with Crippen LogP contribution in [0.4, 0.5) is 0 Å². The molecule has 0 saturated heterocycles. The molecule has 0 saturated carbocycles. The molecule has 0 radical (unpaired) electrons. The van der Waals surface area contributed by atoms with Gasteiger partial charge in [0.25, 0.3) is 10.1 Å². The second-order valence-electron chi connectivity index (χ2n) is 7.47. The van der Waals surface area contributed by atoms with Gasteiger partial charge in [0.15, 0.2) is 0 Å². The predicted octanol–water partition coefficient (Wildman–Crippen LogP) is 6.58. The average Bonchev–Trinajstić information content (AvgIpc) is 3.55. The summed E-state index contributed by atoms with van der Waals surface area (Å²) in [7, 11) is -4.10. The van der Waals surface area contributed by atoms with E-state index in [0.717, 1.165) is 12.0 Å². The van der Waals surface area contributed by atoms with Crippen molar-refractivity contribution in [3.05, 3.63) is 42.7 Å². The van der Waals surface area contributed by atoms with Gasteiger partial charge in [-0.25, -0.2) is 5.26 Å². The third kappa shape index (κ3) is 8.41. The Morgan fingerprint density at radius 2 is 1.38 bits per heavy atom. The number of allylic oxidation sites excluding steroid dienone is 1. The Morgan fingerprint density at radius 3 is 1.82 bits per heavy atom. The zero-order valence-electron chi connectivity index (χ0n) is 20.2. The van der Waals surface area contributed by atoms with Gasteiger partial charge in [0.1, 0.15) is 46.6 Å². The van der Waals surface area contributed by atoms with Crippen molar-refractivity contribution in [1.82, 2.24) is 0 Å². The number of benzene rings is 1. The lowest BCUT2D eigenvalue weighted by atomic mass is 10.3. The molecule has 0 aliphatic carbocycles. The number of fused-ring (bicyclic) bond motifs is 2. The molecule has 0 amide bonds. The molecular weight excluding hydrogens is 641 g/mol. The number of nitrogens with zero attached hydrogens (tertiary/aromatic N) is 4. The van der Waals surface area contributed by atoms with Crippen LogP contribution in [0.3, 0.4) is 0 Å². The summed E-state index contributed by atoms with van der Waals surface area (Å²) in [6, 6.07) is 3.80. The standard InChI is InChI=1S/C22H18N4O8S6/c1-25-20(26-2)22-38-18-14(31-7-3-5-9-35-34-33-27)16-17(37-21(36-16)13(11-23)12-24)15(19(18)39-22)32-8-4-6-10-40(28,29)30/h27H,3-10H2,(H,28,29,30). The lowest BCUT2D eigenvalue weighted by Crippen LogP contribution is -2.07. The first-order valence-corrected chi connectivity index (χ1v) is 16.9. The fourth-order valence-corrected chi connectivity index (χ4v) is 9.36. The summed E-state index contributed by atoms with van der Waals surface area (Å²) in [5, 5.41) is 30.7. The minimum absolute atomic E-state index is 0.0660. The van der Waals surface area contributed by atoms with Crippen molar-refractivity contribution in [2.45, 2.75) is 45.3 Å². The van der Waals surface area contributed by atoms with Crippen LogP contribution in [0.1, 0.15) is 25.7 Å². The van der Waals surface area contributed by atoms with E-state index in [1.165, 1.54) is 47.0 Å². The molecular formula is C22H18N4O8S6. The van der Waals surface area contributed by atoms with Crippen LogP contribution < -0.4 is 9.47 Å². The summed E-state index contributed by atoms with van der Waals surface area (Å²) in [6.07, 6.45) is 1.79. The Balaban J connectivity index is 1.99. The predicted molar refractivity (Wildman–Crippen MR) is 151 cm³/mol. The van der Waals surface area contributed by atoms with Gasteiger partial charge in [0.2, 0.25) is 0 Å². The smallest absolute Gasteiger partial charge is 0.491 e. The van der Waals surface area contributed by atoms with E-state index in [2.05, 4.69) is 19.1 Å². The Bertz CT molecular complexity index is 1370. The number of nitriles is 2. The molecule has 2 N–H and O–H groups in total. The van der Waals surface area contributed by atoms with Crippen LogP contribution in [0.25, 0.3) is 9.69 Å². The minimum Gasteiger partial charge on any atom is -0.491 e. The molecule has 1 aromatic carbocycles. The van der Waals surface area contributed by atoms with Crippen LogP contribution in [-0.4, -0.2) is 42.9 Å². The number of ether oxygens (including phenoxy) is 2. The normalized spacial score (nSPS) is 13.4. The van der Waals surface area contributed by atoms with Gasteiger partial charge in [-0.15, -0.1) is 4.33 Å². The third-order valence-electron chi connectivity index (χ3n) is 4.83. The first-order valence-electron chi connectivity index (χ1n) is 11.1. The monoisotopic (exact) mass is 658 g/mol. The Kier molecular flexibility index (Phi) is 12.7. The molecule has 0 spiro atoms. The Morgan fingerprint density at radius 1 is 0.875 bits per heavy atom. The molecule has 1 aromatic rings. The number of rotatable bonds is 14. The molecule has 18 heteroatoms. The van der Waals surface area contributed by atoms with Gasteiger partial charge in [-0.2, -0.15) is 28.6 Å². The topological polar surface area (TPSA) is 168 Å². The van der Waals surface area contributed by atoms with Crippen LogP contribution >= 0.6 is 59.1 Å². The Hall–Kier alpha value is -2.20. The van der Waals surface area contributed by atoms with Gasteiger partial charge < -0.3 is 9.47 Å². The van der Waals surface area contributed by atoms with Crippen LogP contribution in [0.15, 0.2) is 39.5 Å². The maximum atomic E-state index is 11.1. The molecule has 0 atom stereocenters. The summed E-state index contributed by atoms with van der Waals surface area (Å²) >= 11 is 5.71. The van der Waals surface area contributed by atoms with E-state index in [-0.39, 0.29) is 24.4 Å². The highest BCUT2D eigenvalue weighted by atomic mass is 32.2. The van der Waals surface area contributed by atoms with Crippen LogP contribution in [0.2, 0.25) is 0 Å². The molecule has 12 nitrogen and oxygen atoms in total. The van der Waals surface area contributed by atoms with Gasteiger partial charge in [-0.1, -0.05) is 52.1 Å². The highest BCUT2D eigenvalue weighted by molar-refractivity contribution is 8.26. The Labute approximate surface area is 251 Å². The van der Waals surface area contributed by atoms with E-state index in [9.17, 15) is 18.9 Å². The van der Waals surface area contributed by atoms with Crippen LogP contribution in [0.5, 0.6) is 11.5 Å². The molecule has 0 fully saturated rings. The molecule has 2 heterocycles. The molecule has 0 aromatic heterocycles. The van der Waals surface area contributed by atoms with Crippen molar-refractivity contribution in [3.63, 3.8) is 0 Å². The molecule has 2 aliphatic heterocycles. The van der Waals surface area contributed by atoms with E-state index in [1.807, 2.05) is 12.1 Å². The van der Waals surface area contributed by atoms with Crippen molar-refractivity contribution in [3.8, 4) is 23.6 Å². The SMILES string of the molecule is [C-]#[N+]C([N+]#[C-])=C1Sc2c(OCCCCSOOO)c3c(c(OCCCCS(=O)(=O)O)c2S1)SC(=C(C#N)C#N)S3. The maximum Gasteiger partial charge on any atom is 0.540 e. The second-order valence-corrected chi connectivity index (χ2v) is 14.4. The number of unbranched alkanes of at least 4 members (excludes halogenated alkanes) is 2. The summed E-state index contributed by atoms with van der Waals surface area (Å²) < 4.78 is 48.7. The summed E-state index contributed by atoms with van der Waals surface area (Å²) in [5.74, 6) is 0.935. The largest absolute Gasteiger partial charge is 0.540 e. The summed E-state index contributed by atoms with van der Waals surface area (Å²) in [6.45, 7) is 15.2. The van der Waals surface area contributed by atoms with E-state index in [4.69, 9.17) is 32.4 Å². The van der Waals surface area contributed by atoms with Crippen molar-refractivity contribution in [2.24, 2.45) is 0 Å². The van der Waals surface area contributed by atoms with Gasteiger partial charge in [0, 0.05) is 17.8 Å². The number of thioether (sulfide) groups is 4.